The predicted octanol–water partition coefficient (Wildman–Crippen LogP) is 3.05. The maximum Gasteiger partial charge on any atom is 0.262 e. The smallest absolute Gasteiger partial charge is 0.262 e. The van der Waals surface area contributed by atoms with Gasteiger partial charge in [0.25, 0.3) is 5.91 Å². The van der Waals surface area contributed by atoms with Crippen molar-refractivity contribution in [2.24, 2.45) is 0 Å². The summed E-state index contributed by atoms with van der Waals surface area (Å²) in [5, 5.41) is 11.2. The number of rotatable bonds is 4. The minimum absolute atomic E-state index is 0.165. The molecule has 0 saturated heterocycles. The second kappa shape index (κ2) is 6.21. The van der Waals surface area contributed by atoms with Crippen LogP contribution in [-0.2, 0) is 4.79 Å². The number of carbonyl (C=O) groups is 1. The van der Waals surface area contributed by atoms with Crippen molar-refractivity contribution in [1.29, 1.82) is 0 Å². The average molecular weight is 337 g/mol. The fraction of sp³-hybridized carbons (Fsp3) is 0.0714. The zero-order chi connectivity index (χ0) is 15.5. The summed E-state index contributed by atoms with van der Waals surface area (Å²) in [5.74, 6) is 0.0916. The van der Waals surface area contributed by atoms with Crippen molar-refractivity contribution in [2.45, 2.75) is 0 Å². The minimum atomic E-state index is -0.307. The van der Waals surface area contributed by atoms with Crippen LogP contribution in [0.4, 0.5) is 5.69 Å². The summed E-state index contributed by atoms with van der Waals surface area (Å²) >= 11 is 11.8. The first kappa shape index (κ1) is 14.6. The Morgan fingerprint density at radius 2 is 2.14 bits per heavy atom. The molecule has 1 aromatic carbocycles. The Morgan fingerprint density at radius 3 is 2.95 bits per heavy atom. The first-order chi connectivity index (χ1) is 10.6. The van der Waals surface area contributed by atoms with Crippen LogP contribution in [0.25, 0.3) is 5.65 Å². The maximum atomic E-state index is 11.9. The van der Waals surface area contributed by atoms with Crippen LogP contribution in [-0.4, -0.2) is 27.1 Å². The molecule has 112 valence electrons. The largest absolute Gasteiger partial charge is 0.482 e. The molecule has 0 saturated carbocycles. The number of fused-ring (bicyclic) bond motifs is 1. The number of aromatic nitrogens is 3. The first-order valence-electron chi connectivity index (χ1n) is 6.29. The number of nitrogens with zero attached hydrogens (tertiary/aromatic N) is 3. The first-order valence-corrected chi connectivity index (χ1v) is 7.04. The summed E-state index contributed by atoms with van der Waals surface area (Å²) in [6.45, 7) is -0.165. The molecule has 0 aliphatic heterocycles. The quantitative estimate of drug-likeness (QED) is 0.794. The van der Waals surface area contributed by atoms with Gasteiger partial charge in [-0.3, -0.25) is 9.20 Å². The van der Waals surface area contributed by atoms with Crippen molar-refractivity contribution in [3.8, 4) is 5.75 Å². The Labute approximate surface area is 135 Å². The summed E-state index contributed by atoms with van der Waals surface area (Å²) in [6, 6.07) is 8.29. The number of hydrogen-bond acceptors (Lipinski definition) is 4. The van der Waals surface area contributed by atoms with Crippen molar-refractivity contribution in [1.82, 2.24) is 14.6 Å². The van der Waals surface area contributed by atoms with E-state index in [2.05, 4.69) is 15.5 Å². The van der Waals surface area contributed by atoms with E-state index < -0.39 is 0 Å². The van der Waals surface area contributed by atoms with Crippen LogP contribution in [0.2, 0.25) is 10.0 Å². The van der Waals surface area contributed by atoms with Crippen LogP contribution in [0.3, 0.4) is 0 Å². The zero-order valence-corrected chi connectivity index (χ0v) is 12.7. The highest BCUT2D eigenvalue weighted by molar-refractivity contribution is 6.35. The third kappa shape index (κ3) is 3.29. The Bertz CT molecular complexity index is 835. The molecule has 22 heavy (non-hydrogen) atoms. The van der Waals surface area contributed by atoms with E-state index in [1.54, 1.807) is 47.3 Å². The molecule has 3 aromatic rings. The fourth-order valence-corrected chi connectivity index (χ4v) is 2.30. The molecule has 0 atom stereocenters. The Hall–Kier alpha value is -2.31. The molecule has 0 unspecified atom stereocenters. The number of hydrogen-bond donors (Lipinski definition) is 1. The molecule has 0 radical (unpaired) electrons. The van der Waals surface area contributed by atoms with Crippen LogP contribution < -0.4 is 10.1 Å². The lowest BCUT2D eigenvalue weighted by molar-refractivity contribution is -0.118. The van der Waals surface area contributed by atoms with Crippen molar-refractivity contribution in [3.63, 3.8) is 0 Å². The van der Waals surface area contributed by atoms with Gasteiger partial charge >= 0.3 is 0 Å². The molecular weight excluding hydrogens is 327 g/mol. The van der Waals surface area contributed by atoms with Crippen LogP contribution in [0.15, 0.2) is 42.9 Å². The van der Waals surface area contributed by atoms with Gasteiger partial charge in [0.15, 0.2) is 12.3 Å². The van der Waals surface area contributed by atoms with E-state index in [4.69, 9.17) is 27.9 Å². The molecule has 0 spiro atoms. The lowest BCUT2D eigenvalue weighted by Gasteiger charge is -2.09. The Morgan fingerprint density at radius 1 is 1.27 bits per heavy atom. The molecule has 0 aliphatic carbocycles. The summed E-state index contributed by atoms with van der Waals surface area (Å²) in [6.07, 6.45) is 3.26. The van der Waals surface area contributed by atoms with Crippen molar-refractivity contribution >= 4 is 40.4 Å². The Balaban J connectivity index is 1.62. The van der Waals surface area contributed by atoms with Gasteiger partial charge in [0, 0.05) is 11.2 Å². The topological polar surface area (TPSA) is 68.5 Å². The maximum absolute atomic E-state index is 11.9. The number of nitrogens with one attached hydrogen (secondary N) is 1. The molecule has 0 bridgehead atoms. The molecule has 3 rings (SSSR count). The molecule has 2 heterocycles. The summed E-state index contributed by atoms with van der Waals surface area (Å²) < 4.78 is 7.07. The second-order valence-electron chi connectivity index (χ2n) is 4.43. The lowest BCUT2D eigenvalue weighted by atomic mass is 10.3. The van der Waals surface area contributed by atoms with Crippen LogP contribution in [0.5, 0.6) is 5.75 Å². The number of amides is 1. The van der Waals surface area contributed by atoms with E-state index in [0.717, 1.165) is 0 Å². The number of halogens is 2. The molecule has 0 fully saturated rings. The van der Waals surface area contributed by atoms with Gasteiger partial charge in [-0.1, -0.05) is 23.2 Å². The SMILES string of the molecule is O=C(COc1ccc(Cl)cc1Cl)Nc1ccc2nncn2c1. The standard InChI is InChI=1S/C14H10Cl2N4O2/c15-9-1-3-12(11(16)5-9)22-7-14(21)18-10-2-4-13-19-17-8-20(13)6-10/h1-6,8H,7H2,(H,18,21). The number of ether oxygens (including phenoxy) is 1. The zero-order valence-electron chi connectivity index (χ0n) is 11.2. The fourth-order valence-electron chi connectivity index (χ4n) is 1.83. The van der Waals surface area contributed by atoms with Gasteiger partial charge in [-0.05, 0) is 30.3 Å². The van der Waals surface area contributed by atoms with E-state index in [-0.39, 0.29) is 12.5 Å². The molecule has 2 aromatic heterocycles. The third-order valence-electron chi connectivity index (χ3n) is 2.83. The van der Waals surface area contributed by atoms with Gasteiger partial charge in [-0.2, -0.15) is 0 Å². The van der Waals surface area contributed by atoms with Crippen LogP contribution in [0, 0.1) is 0 Å². The average Bonchev–Trinajstić information content (AvgIpc) is 2.94. The van der Waals surface area contributed by atoms with E-state index in [1.165, 1.54) is 0 Å². The molecule has 1 amide bonds. The van der Waals surface area contributed by atoms with E-state index in [1.807, 2.05) is 0 Å². The van der Waals surface area contributed by atoms with Gasteiger partial charge in [0.1, 0.15) is 12.1 Å². The minimum Gasteiger partial charge on any atom is -0.482 e. The molecule has 0 aliphatic rings. The molecular formula is C14H10Cl2N4O2. The number of carbonyl (C=O) groups excluding carboxylic acids is 1. The van der Waals surface area contributed by atoms with Gasteiger partial charge < -0.3 is 10.1 Å². The summed E-state index contributed by atoms with van der Waals surface area (Å²) in [7, 11) is 0. The van der Waals surface area contributed by atoms with Crippen LogP contribution in [0.1, 0.15) is 0 Å². The second-order valence-corrected chi connectivity index (χ2v) is 5.27. The third-order valence-corrected chi connectivity index (χ3v) is 3.36. The van der Waals surface area contributed by atoms with Gasteiger partial charge in [0.05, 0.1) is 10.7 Å². The normalized spacial score (nSPS) is 10.6. The van der Waals surface area contributed by atoms with Gasteiger partial charge in [-0.15, -0.1) is 10.2 Å². The summed E-state index contributed by atoms with van der Waals surface area (Å²) in [4.78, 5) is 11.9. The Kier molecular flexibility index (Phi) is 4.13. The molecule has 1 N–H and O–H groups in total. The van der Waals surface area contributed by atoms with Crippen molar-refractivity contribution < 1.29 is 9.53 Å². The highest BCUT2D eigenvalue weighted by atomic mass is 35.5. The lowest BCUT2D eigenvalue weighted by Crippen LogP contribution is -2.20. The van der Waals surface area contributed by atoms with Gasteiger partial charge in [-0.25, -0.2) is 0 Å². The van der Waals surface area contributed by atoms with E-state index in [9.17, 15) is 4.79 Å². The number of benzene rings is 1. The van der Waals surface area contributed by atoms with Crippen molar-refractivity contribution in [3.05, 3.63) is 52.9 Å². The number of anilines is 1. The molecule has 8 heteroatoms. The number of pyridine rings is 1. The van der Waals surface area contributed by atoms with Gasteiger partial charge in [0.2, 0.25) is 0 Å². The predicted molar refractivity (Wildman–Crippen MR) is 83.6 cm³/mol. The van der Waals surface area contributed by atoms with E-state index >= 15 is 0 Å². The van der Waals surface area contributed by atoms with Crippen molar-refractivity contribution in [2.75, 3.05) is 11.9 Å². The highest BCUT2D eigenvalue weighted by Gasteiger charge is 2.07. The highest BCUT2D eigenvalue weighted by Crippen LogP contribution is 2.27. The summed E-state index contributed by atoms with van der Waals surface area (Å²) in [5.41, 5.74) is 1.31. The monoisotopic (exact) mass is 336 g/mol. The molecule has 6 nitrogen and oxygen atoms in total. The van der Waals surface area contributed by atoms with Crippen LogP contribution >= 0.6 is 23.2 Å². The van der Waals surface area contributed by atoms with E-state index in [0.29, 0.717) is 27.1 Å².